The first kappa shape index (κ1) is 23.6. The van der Waals surface area contributed by atoms with E-state index in [-0.39, 0.29) is 35.9 Å². The normalized spacial score (nSPS) is 17.1. The van der Waals surface area contributed by atoms with Gasteiger partial charge in [0.25, 0.3) is 5.91 Å². The molecule has 0 bridgehead atoms. The number of hydrogen-bond acceptors (Lipinski definition) is 7. The number of carbonyl (C=O) groups is 1. The number of hydrogen-bond donors (Lipinski definition) is 1. The standard InChI is InChI=1S/C15H18F3N7OS.2ClH/c16-15(17,18)13-21-22-14(27-13)24-7-5-23(6-8-24)12(26)10-9-25-4-3-19-2-1-11(25)20-10;;/h9,19H,1-8H2;2*1H. The van der Waals surface area contributed by atoms with E-state index < -0.39 is 11.2 Å². The Balaban J connectivity index is 0.00000150. The molecule has 0 radical (unpaired) electrons. The number of anilines is 1. The lowest BCUT2D eigenvalue weighted by atomic mass is 10.3. The van der Waals surface area contributed by atoms with Crippen LogP contribution in [0.5, 0.6) is 0 Å². The molecule has 0 unspecified atom stereocenters. The molecule has 1 saturated heterocycles. The van der Waals surface area contributed by atoms with Crippen molar-refractivity contribution in [3.8, 4) is 0 Å². The number of nitrogens with zero attached hydrogens (tertiary/aromatic N) is 6. The maximum Gasteiger partial charge on any atom is 0.445 e. The Hall–Kier alpha value is -1.63. The van der Waals surface area contributed by atoms with Crippen molar-refractivity contribution in [2.75, 3.05) is 44.2 Å². The minimum absolute atomic E-state index is 0. The van der Waals surface area contributed by atoms with Gasteiger partial charge in [-0.3, -0.25) is 4.79 Å². The molecule has 2 aliphatic rings. The lowest BCUT2D eigenvalue weighted by molar-refractivity contribution is -0.138. The number of rotatable bonds is 2. The molecule has 8 nitrogen and oxygen atoms in total. The summed E-state index contributed by atoms with van der Waals surface area (Å²) < 4.78 is 40.0. The molecule has 14 heteroatoms. The number of imidazole rings is 1. The molecule has 29 heavy (non-hydrogen) atoms. The van der Waals surface area contributed by atoms with Gasteiger partial charge in [0.15, 0.2) is 0 Å². The van der Waals surface area contributed by atoms with Gasteiger partial charge < -0.3 is 19.7 Å². The monoisotopic (exact) mass is 473 g/mol. The molecule has 2 aliphatic heterocycles. The van der Waals surface area contributed by atoms with Gasteiger partial charge in [0.2, 0.25) is 10.1 Å². The number of amides is 1. The van der Waals surface area contributed by atoms with Crippen LogP contribution in [0.4, 0.5) is 18.3 Å². The minimum atomic E-state index is -4.48. The Kier molecular flexibility index (Phi) is 7.71. The maximum atomic E-state index is 12.7. The maximum absolute atomic E-state index is 12.7. The number of carbonyl (C=O) groups excluding carboxylic acids is 1. The minimum Gasteiger partial charge on any atom is -0.343 e. The molecule has 0 saturated carbocycles. The number of fused-ring (bicyclic) bond motifs is 1. The predicted molar refractivity (Wildman–Crippen MR) is 106 cm³/mol. The Morgan fingerprint density at radius 2 is 1.79 bits per heavy atom. The Morgan fingerprint density at radius 1 is 1.07 bits per heavy atom. The van der Waals surface area contributed by atoms with Gasteiger partial charge in [-0.25, -0.2) is 4.98 Å². The van der Waals surface area contributed by atoms with E-state index in [4.69, 9.17) is 0 Å². The summed E-state index contributed by atoms with van der Waals surface area (Å²) in [5, 5.41) is 9.41. The SMILES string of the molecule is Cl.Cl.O=C(c1cn2c(n1)CCNCC2)N1CCN(c2nnc(C(F)(F)F)s2)CC1. The van der Waals surface area contributed by atoms with Crippen LogP contribution in [0.1, 0.15) is 21.3 Å². The summed E-state index contributed by atoms with van der Waals surface area (Å²) >= 11 is 0.526. The van der Waals surface area contributed by atoms with Crippen LogP contribution in [0.2, 0.25) is 0 Å². The number of nitrogens with one attached hydrogen (secondary N) is 1. The summed E-state index contributed by atoms with van der Waals surface area (Å²) in [7, 11) is 0. The zero-order chi connectivity index (χ0) is 19.0. The highest BCUT2D eigenvalue weighted by molar-refractivity contribution is 7.15. The van der Waals surface area contributed by atoms with E-state index in [0.717, 1.165) is 31.9 Å². The van der Waals surface area contributed by atoms with Crippen LogP contribution in [0.25, 0.3) is 0 Å². The van der Waals surface area contributed by atoms with Crippen molar-refractivity contribution < 1.29 is 18.0 Å². The fourth-order valence-corrected chi connectivity index (χ4v) is 3.96. The molecule has 0 aromatic carbocycles. The molecule has 2 aromatic heterocycles. The second-order valence-electron chi connectivity index (χ2n) is 6.40. The quantitative estimate of drug-likeness (QED) is 0.714. The van der Waals surface area contributed by atoms with Crippen molar-refractivity contribution >= 4 is 47.2 Å². The van der Waals surface area contributed by atoms with Gasteiger partial charge in [-0.1, -0.05) is 11.3 Å². The number of aromatic nitrogens is 4. The summed E-state index contributed by atoms with van der Waals surface area (Å²) in [5.74, 6) is 0.756. The summed E-state index contributed by atoms with van der Waals surface area (Å²) in [6, 6.07) is 0. The van der Waals surface area contributed by atoms with Crippen molar-refractivity contribution in [3.63, 3.8) is 0 Å². The van der Waals surface area contributed by atoms with Crippen molar-refractivity contribution in [2.45, 2.75) is 19.1 Å². The average molecular weight is 474 g/mol. The van der Waals surface area contributed by atoms with E-state index in [1.165, 1.54) is 0 Å². The van der Waals surface area contributed by atoms with E-state index in [0.29, 0.717) is 43.2 Å². The third kappa shape index (κ3) is 5.11. The lowest BCUT2D eigenvalue weighted by Crippen LogP contribution is -2.48. The van der Waals surface area contributed by atoms with Crippen molar-refractivity contribution in [1.29, 1.82) is 0 Å². The molecule has 4 heterocycles. The molecule has 1 N–H and O–H groups in total. The van der Waals surface area contributed by atoms with Gasteiger partial charge >= 0.3 is 6.18 Å². The van der Waals surface area contributed by atoms with Gasteiger partial charge in [0, 0.05) is 58.4 Å². The van der Waals surface area contributed by atoms with E-state index in [1.54, 1.807) is 16.0 Å². The summed E-state index contributed by atoms with van der Waals surface area (Å²) in [4.78, 5) is 20.6. The Bertz CT molecular complexity index is 813. The molecule has 1 fully saturated rings. The van der Waals surface area contributed by atoms with Gasteiger partial charge in [0.1, 0.15) is 11.5 Å². The van der Waals surface area contributed by atoms with Crippen molar-refractivity contribution in [1.82, 2.24) is 30.0 Å². The van der Waals surface area contributed by atoms with Crippen LogP contribution in [0.3, 0.4) is 0 Å². The van der Waals surface area contributed by atoms with Gasteiger partial charge in [-0.2, -0.15) is 13.2 Å². The molecule has 0 spiro atoms. The summed E-state index contributed by atoms with van der Waals surface area (Å²) in [6.45, 7) is 4.10. The first-order chi connectivity index (χ1) is 12.9. The highest BCUT2D eigenvalue weighted by Gasteiger charge is 2.36. The number of alkyl halides is 3. The summed E-state index contributed by atoms with van der Waals surface area (Å²) in [5.41, 5.74) is 0.427. The van der Waals surface area contributed by atoms with E-state index >= 15 is 0 Å². The molecule has 1 amide bonds. The Morgan fingerprint density at radius 3 is 2.45 bits per heavy atom. The van der Waals surface area contributed by atoms with Gasteiger partial charge in [0.05, 0.1) is 0 Å². The van der Waals surface area contributed by atoms with E-state index in [2.05, 4.69) is 20.5 Å². The lowest BCUT2D eigenvalue weighted by Gasteiger charge is -2.33. The molecule has 4 rings (SSSR count). The van der Waals surface area contributed by atoms with Gasteiger partial charge in [-0.15, -0.1) is 35.0 Å². The van der Waals surface area contributed by atoms with Crippen LogP contribution < -0.4 is 10.2 Å². The van der Waals surface area contributed by atoms with Crippen LogP contribution in [-0.4, -0.2) is 69.8 Å². The first-order valence-electron chi connectivity index (χ1n) is 8.63. The van der Waals surface area contributed by atoms with Crippen molar-refractivity contribution in [3.05, 3.63) is 22.7 Å². The third-order valence-electron chi connectivity index (χ3n) is 4.63. The fourth-order valence-electron chi connectivity index (χ4n) is 3.20. The highest BCUT2D eigenvalue weighted by atomic mass is 35.5. The summed E-state index contributed by atoms with van der Waals surface area (Å²) in [6.07, 6.45) is -1.92. The second-order valence-corrected chi connectivity index (χ2v) is 7.36. The van der Waals surface area contributed by atoms with Crippen LogP contribution in [0.15, 0.2) is 6.20 Å². The van der Waals surface area contributed by atoms with Gasteiger partial charge in [-0.05, 0) is 0 Å². The number of halogens is 5. The van der Waals surface area contributed by atoms with E-state index in [9.17, 15) is 18.0 Å². The zero-order valence-corrected chi connectivity index (χ0v) is 17.6. The molecule has 0 aliphatic carbocycles. The Labute approximate surface area is 181 Å². The topological polar surface area (TPSA) is 79.2 Å². The molecular formula is C15H20Cl2F3N7OS. The largest absolute Gasteiger partial charge is 0.445 e. The predicted octanol–water partition coefficient (Wildman–Crippen LogP) is 1.71. The molecular weight excluding hydrogens is 454 g/mol. The fraction of sp³-hybridized carbons (Fsp3) is 0.600. The first-order valence-corrected chi connectivity index (χ1v) is 9.45. The number of piperazine rings is 1. The van der Waals surface area contributed by atoms with E-state index in [1.807, 2.05) is 4.57 Å². The average Bonchev–Trinajstić information content (AvgIpc) is 3.24. The molecule has 162 valence electrons. The van der Waals surface area contributed by atoms with Crippen molar-refractivity contribution in [2.24, 2.45) is 0 Å². The molecule has 0 atom stereocenters. The van der Waals surface area contributed by atoms with Crippen LogP contribution >= 0.6 is 36.2 Å². The van der Waals surface area contributed by atoms with Crippen LogP contribution in [0, 0.1) is 0 Å². The smallest absolute Gasteiger partial charge is 0.343 e. The molecule has 2 aromatic rings. The zero-order valence-electron chi connectivity index (χ0n) is 15.2. The second kappa shape index (κ2) is 9.45. The third-order valence-corrected chi connectivity index (χ3v) is 5.66. The highest BCUT2D eigenvalue weighted by Crippen LogP contribution is 2.34. The van der Waals surface area contributed by atoms with Crippen LogP contribution in [-0.2, 0) is 19.1 Å².